The van der Waals surface area contributed by atoms with Gasteiger partial charge in [0.1, 0.15) is 11.4 Å². The summed E-state index contributed by atoms with van der Waals surface area (Å²) >= 11 is 3.50. The number of hydrogen-bond acceptors (Lipinski definition) is 3. The third kappa shape index (κ3) is 1.96. The lowest BCUT2D eigenvalue weighted by Crippen LogP contribution is -2.24. The summed E-state index contributed by atoms with van der Waals surface area (Å²) in [4.78, 5) is 11.0. The number of hydrogen-bond donors (Lipinski definition) is 1. The van der Waals surface area contributed by atoms with Crippen LogP contribution < -0.4 is 10.5 Å². The Morgan fingerprint density at radius 2 is 2.22 bits per heavy atom. The summed E-state index contributed by atoms with van der Waals surface area (Å²) in [6.07, 6.45) is 2.91. The molecule has 1 heterocycles. The number of aryl methyl sites for hydroxylation is 1. The van der Waals surface area contributed by atoms with Crippen LogP contribution in [0.4, 0.5) is 4.79 Å². The SMILES string of the molecule is NC(=O)OC1(c2cc(Br)cc3c2OCCC3)CC1. The Labute approximate surface area is 114 Å². The smallest absolute Gasteiger partial charge is 0.405 e. The third-order valence-corrected chi connectivity index (χ3v) is 3.92. The van der Waals surface area contributed by atoms with E-state index in [0.29, 0.717) is 6.61 Å². The molecule has 0 atom stereocenters. The summed E-state index contributed by atoms with van der Waals surface area (Å²) in [5.41, 5.74) is 6.72. The van der Waals surface area contributed by atoms with E-state index in [4.69, 9.17) is 15.2 Å². The van der Waals surface area contributed by atoms with Crippen LogP contribution in [-0.4, -0.2) is 12.7 Å². The van der Waals surface area contributed by atoms with Gasteiger partial charge in [-0.1, -0.05) is 15.9 Å². The molecule has 1 aromatic carbocycles. The molecule has 2 aliphatic rings. The predicted octanol–water partition coefficient (Wildman–Crippen LogP) is 2.86. The van der Waals surface area contributed by atoms with Crippen molar-refractivity contribution in [1.82, 2.24) is 0 Å². The third-order valence-electron chi connectivity index (χ3n) is 3.46. The molecule has 0 saturated heterocycles. The van der Waals surface area contributed by atoms with E-state index < -0.39 is 11.7 Å². The number of primary amides is 1. The fourth-order valence-corrected chi connectivity index (χ4v) is 3.02. The Kier molecular flexibility index (Phi) is 2.73. The van der Waals surface area contributed by atoms with Crippen LogP contribution in [0, 0.1) is 0 Å². The molecule has 18 heavy (non-hydrogen) atoms. The molecule has 0 spiro atoms. The highest BCUT2D eigenvalue weighted by Crippen LogP contribution is 2.54. The molecule has 1 saturated carbocycles. The molecule has 1 fully saturated rings. The molecule has 0 bridgehead atoms. The van der Waals surface area contributed by atoms with Gasteiger partial charge in [-0.05, 0) is 43.4 Å². The van der Waals surface area contributed by atoms with Gasteiger partial charge in [0, 0.05) is 10.0 Å². The second-order valence-electron chi connectivity index (χ2n) is 4.81. The number of fused-ring (bicyclic) bond motifs is 1. The molecule has 3 rings (SSSR count). The molecule has 4 nitrogen and oxygen atoms in total. The first-order valence-electron chi connectivity index (χ1n) is 6.05. The van der Waals surface area contributed by atoms with E-state index >= 15 is 0 Å². The van der Waals surface area contributed by atoms with Gasteiger partial charge >= 0.3 is 6.09 Å². The molecule has 5 heteroatoms. The Balaban J connectivity index is 2.06. The van der Waals surface area contributed by atoms with Gasteiger partial charge in [-0.2, -0.15) is 0 Å². The number of ether oxygens (including phenoxy) is 2. The second-order valence-corrected chi connectivity index (χ2v) is 5.72. The molecule has 0 unspecified atom stereocenters. The predicted molar refractivity (Wildman–Crippen MR) is 69.5 cm³/mol. The largest absolute Gasteiger partial charge is 0.493 e. The lowest BCUT2D eigenvalue weighted by atomic mass is 9.98. The van der Waals surface area contributed by atoms with E-state index in [9.17, 15) is 4.79 Å². The molecule has 2 N–H and O–H groups in total. The maximum Gasteiger partial charge on any atom is 0.405 e. The lowest BCUT2D eigenvalue weighted by Gasteiger charge is -2.25. The summed E-state index contributed by atoms with van der Waals surface area (Å²) in [5.74, 6) is 0.878. The highest BCUT2D eigenvalue weighted by atomic mass is 79.9. The van der Waals surface area contributed by atoms with E-state index in [1.807, 2.05) is 6.07 Å². The number of amides is 1. The summed E-state index contributed by atoms with van der Waals surface area (Å²) < 4.78 is 12.0. The van der Waals surface area contributed by atoms with E-state index in [-0.39, 0.29) is 0 Å². The minimum atomic E-state index is -0.725. The molecule has 1 aliphatic carbocycles. The van der Waals surface area contributed by atoms with Crippen molar-refractivity contribution < 1.29 is 14.3 Å². The first-order chi connectivity index (χ1) is 8.61. The summed E-state index contributed by atoms with van der Waals surface area (Å²) in [6, 6.07) is 4.04. The Morgan fingerprint density at radius 1 is 1.44 bits per heavy atom. The van der Waals surface area contributed by atoms with Crippen LogP contribution in [0.25, 0.3) is 0 Å². The molecule has 1 amide bonds. The minimum absolute atomic E-state index is 0.558. The summed E-state index contributed by atoms with van der Waals surface area (Å²) in [5, 5.41) is 0. The van der Waals surface area contributed by atoms with Gasteiger partial charge in [-0.25, -0.2) is 4.79 Å². The van der Waals surface area contributed by atoms with Gasteiger partial charge in [0.2, 0.25) is 0 Å². The van der Waals surface area contributed by atoms with Crippen LogP contribution in [0.15, 0.2) is 16.6 Å². The van der Waals surface area contributed by atoms with Crippen molar-refractivity contribution in [3.63, 3.8) is 0 Å². The van der Waals surface area contributed by atoms with Crippen LogP contribution in [0.3, 0.4) is 0 Å². The van der Waals surface area contributed by atoms with E-state index in [1.165, 1.54) is 5.56 Å². The maximum absolute atomic E-state index is 11.0. The van der Waals surface area contributed by atoms with Gasteiger partial charge in [-0.3, -0.25) is 0 Å². The van der Waals surface area contributed by atoms with E-state index in [2.05, 4.69) is 22.0 Å². The van der Waals surface area contributed by atoms with Crippen molar-refractivity contribution in [2.75, 3.05) is 6.61 Å². The van der Waals surface area contributed by atoms with E-state index in [1.54, 1.807) is 0 Å². The second kappa shape index (κ2) is 4.16. The first-order valence-corrected chi connectivity index (χ1v) is 6.84. The Bertz CT molecular complexity index is 511. The van der Waals surface area contributed by atoms with Crippen molar-refractivity contribution in [2.45, 2.75) is 31.3 Å². The number of rotatable bonds is 2. The molecule has 0 aromatic heterocycles. The molecular formula is C13H14BrNO3. The van der Waals surface area contributed by atoms with Crippen molar-refractivity contribution >= 4 is 22.0 Å². The zero-order chi connectivity index (χ0) is 12.8. The number of nitrogens with two attached hydrogens (primary N) is 1. The maximum atomic E-state index is 11.0. The van der Waals surface area contributed by atoms with Crippen molar-refractivity contribution in [1.29, 1.82) is 0 Å². The van der Waals surface area contributed by atoms with E-state index in [0.717, 1.165) is 41.5 Å². The standard InChI is InChI=1S/C13H14BrNO3/c14-9-6-8-2-1-5-17-11(8)10(7-9)13(3-4-13)18-12(15)16/h6-7H,1-5H2,(H2,15,16). The molecular weight excluding hydrogens is 298 g/mol. The number of carbonyl (C=O) groups excluding carboxylic acids is 1. The first kappa shape index (κ1) is 11.8. The van der Waals surface area contributed by atoms with Crippen molar-refractivity contribution in [2.24, 2.45) is 5.73 Å². The zero-order valence-corrected chi connectivity index (χ0v) is 11.5. The van der Waals surface area contributed by atoms with Crippen molar-refractivity contribution in [3.8, 4) is 5.75 Å². The van der Waals surface area contributed by atoms with Crippen LogP contribution in [0.5, 0.6) is 5.75 Å². The lowest BCUT2D eigenvalue weighted by molar-refractivity contribution is 0.0870. The topological polar surface area (TPSA) is 61.6 Å². The molecule has 1 aromatic rings. The fourth-order valence-electron chi connectivity index (χ4n) is 2.51. The summed E-state index contributed by atoms with van der Waals surface area (Å²) in [7, 11) is 0. The Hall–Kier alpha value is -1.23. The highest BCUT2D eigenvalue weighted by molar-refractivity contribution is 9.10. The number of benzene rings is 1. The molecule has 1 aliphatic heterocycles. The molecule has 0 radical (unpaired) electrons. The average Bonchev–Trinajstić information content (AvgIpc) is 3.08. The van der Waals surface area contributed by atoms with Gasteiger partial charge in [0.05, 0.1) is 6.61 Å². The minimum Gasteiger partial charge on any atom is -0.493 e. The normalized spacial score (nSPS) is 19.6. The average molecular weight is 312 g/mol. The van der Waals surface area contributed by atoms with Crippen LogP contribution in [0.2, 0.25) is 0 Å². The molecule has 96 valence electrons. The van der Waals surface area contributed by atoms with Crippen LogP contribution in [0.1, 0.15) is 30.4 Å². The van der Waals surface area contributed by atoms with Gasteiger partial charge in [0.15, 0.2) is 0 Å². The number of carbonyl (C=O) groups is 1. The quantitative estimate of drug-likeness (QED) is 0.913. The van der Waals surface area contributed by atoms with Gasteiger partial charge < -0.3 is 15.2 Å². The van der Waals surface area contributed by atoms with Gasteiger partial charge in [-0.15, -0.1) is 0 Å². The van der Waals surface area contributed by atoms with Crippen LogP contribution in [-0.2, 0) is 16.8 Å². The highest BCUT2D eigenvalue weighted by Gasteiger charge is 2.51. The number of halogens is 1. The fraction of sp³-hybridized carbons (Fsp3) is 0.462. The van der Waals surface area contributed by atoms with Crippen molar-refractivity contribution in [3.05, 3.63) is 27.7 Å². The summed E-state index contributed by atoms with van der Waals surface area (Å²) in [6.45, 7) is 0.717. The van der Waals surface area contributed by atoms with Crippen LogP contribution >= 0.6 is 15.9 Å². The monoisotopic (exact) mass is 311 g/mol. The Morgan fingerprint density at radius 3 is 2.89 bits per heavy atom. The van der Waals surface area contributed by atoms with Gasteiger partial charge in [0.25, 0.3) is 0 Å². The zero-order valence-electron chi connectivity index (χ0n) is 9.87.